The molecule has 11 nitrogen and oxygen atoms in total. The van der Waals surface area contributed by atoms with Crippen LogP contribution in [0.1, 0.15) is 40.5 Å². The van der Waals surface area contributed by atoms with E-state index in [1.54, 1.807) is 35.4 Å². The van der Waals surface area contributed by atoms with Crippen molar-refractivity contribution in [3.05, 3.63) is 41.9 Å². The first-order valence-corrected chi connectivity index (χ1v) is 14.1. The molecule has 220 valence electrons. The summed E-state index contributed by atoms with van der Waals surface area (Å²) in [5, 5.41) is 13.8. The minimum Gasteiger partial charge on any atom is -0.494 e. The summed E-state index contributed by atoms with van der Waals surface area (Å²) in [6, 6.07) is 6.22. The monoisotopic (exact) mass is 582 g/mol. The summed E-state index contributed by atoms with van der Waals surface area (Å²) in [6.45, 7) is 9.30. The molecule has 0 radical (unpaired) electrons. The van der Waals surface area contributed by atoms with Crippen LogP contribution in [0.4, 0.5) is 17.2 Å². The SMILES string of the molecule is CN[C@@H](C)CN[C@H](C(=O)N1CCC[C@H]1C(=O)Nc1cc2c(Nc3cccnc3Cl)ncnc2cc1OC)C(C)(C)C. The predicted molar refractivity (Wildman–Crippen MR) is 162 cm³/mol. The van der Waals surface area contributed by atoms with E-state index < -0.39 is 12.1 Å². The van der Waals surface area contributed by atoms with Gasteiger partial charge in [0.05, 0.1) is 30.0 Å². The van der Waals surface area contributed by atoms with Crippen LogP contribution in [0.5, 0.6) is 5.75 Å². The number of aromatic nitrogens is 3. The Morgan fingerprint density at radius 1 is 1.20 bits per heavy atom. The number of fused-ring (bicyclic) bond motifs is 1. The Balaban J connectivity index is 1.59. The molecule has 4 N–H and O–H groups in total. The molecule has 3 atom stereocenters. The second-order valence-electron chi connectivity index (χ2n) is 11.3. The number of benzene rings is 1. The van der Waals surface area contributed by atoms with Crippen molar-refractivity contribution in [1.29, 1.82) is 0 Å². The fourth-order valence-electron chi connectivity index (χ4n) is 4.90. The zero-order valence-corrected chi connectivity index (χ0v) is 25.2. The summed E-state index contributed by atoms with van der Waals surface area (Å²) in [5.41, 5.74) is 1.32. The number of pyridine rings is 1. The molecule has 0 aliphatic carbocycles. The summed E-state index contributed by atoms with van der Waals surface area (Å²) < 4.78 is 5.59. The average molecular weight is 583 g/mol. The van der Waals surface area contributed by atoms with Crippen LogP contribution in [-0.4, -0.2) is 77.0 Å². The molecule has 1 fully saturated rings. The Morgan fingerprint density at radius 3 is 2.66 bits per heavy atom. The molecule has 2 aromatic heterocycles. The number of methoxy groups -OCH3 is 1. The normalized spacial score (nSPS) is 16.9. The summed E-state index contributed by atoms with van der Waals surface area (Å²) >= 11 is 6.24. The molecule has 41 heavy (non-hydrogen) atoms. The largest absolute Gasteiger partial charge is 0.494 e. The standard InChI is InChI=1S/C29H39ClN8O3/c1-17(31-5)15-33-24(29(2,3)4)28(40)38-12-8-10-22(38)27(39)37-21-13-18-20(14-23(21)41-6)34-16-35-26(18)36-19-9-7-11-32-25(19)30/h7,9,11,13-14,16-17,22,24,31,33H,8,10,12,15H2,1-6H3,(H,37,39)(H,34,35,36)/t17-,22-,24+/m0/s1. The fourth-order valence-corrected chi connectivity index (χ4v) is 5.07. The van der Waals surface area contributed by atoms with E-state index in [9.17, 15) is 9.59 Å². The van der Waals surface area contributed by atoms with Gasteiger partial charge in [0, 0.05) is 36.8 Å². The second kappa shape index (κ2) is 13.0. The highest BCUT2D eigenvalue weighted by molar-refractivity contribution is 6.32. The number of carbonyl (C=O) groups is 2. The van der Waals surface area contributed by atoms with Gasteiger partial charge in [-0.3, -0.25) is 9.59 Å². The van der Waals surface area contributed by atoms with Gasteiger partial charge in [0.2, 0.25) is 11.8 Å². The number of amides is 2. The molecule has 4 rings (SSSR count). The third kappa shape index (κ3) is 7.03. The van der Waals surface area contributed by atoms with Gasteiger partial charge in [-0.2, -0.15) is 0 Å². The first kappa shape index (κ1) is 30.4. The molecular formula is C29H39ClN8O3. The van der Waals surface area contributed by atoms with Crippen LogP contribution in [0.3, 0.4) is 0 Å². The molecule has 1 aromatic carbocycles. The van der Waals surface area contributed by atoms with Gasteiger partial charge in [0.1, 0.15) is 23.9 Å². The van der Waals surface area contributed by atoms with Crippen molar-refractivity contribution in [3.8, 4) is 5.75 Å². The molecule has 0 unspecified atom stereocenters. The van der Waals surface area contributed by atoms with Gasteiger partial charge in [0.15, 0.2) is 5.15 Å². The quantitative estimate of drug-likeness (QED) is 0.262. The smallest absolute Gasteiger partial charge is 0.247 e. The van der Waals surface area contributed by atoms with Gasteiger partial charge < -0.3 is 30.9 Å². The van der Waals surface area contributed by atoms with Crippen LogP contribution in [0, 0.1) is 5.41 Å². The number of ether oxygens (including phenoxy) is 1. The van der Waals surface area contributed by atoms with Crippen LogP contribution in [0.15, 0.2) is 36.8 Å². The first-order valence-electron chi connectivity index (χ1n) is 13.8. The lowest BCUT2D eigenvalue weighted by atomic mass is 9.85. The Kier molecular flexibility index (Phi) is 9.62. The molecule has 3 heterocycles. The number of rotatable bonds is 10. The number of anilines is 3. The van der Waals surface area contributed by atoms with E-state index in [1.165, 1.54) is 13.4 Å². The van der Waals surface area contributed by atoms with Crippen molar-refractivity contribution in [2.45, 2.75) is 58.7 Å². The maximum Gasteiger partial charge on any atom is 0.247 e. The topological polar surface area (TPSA) is 133 Å². The van der Waals surface area contributed by atoms with Crippen LogP contribution < -0.4 is 26.0 Å². The fraction of sp³-hybridized carbons (Fsp3) is 0.483. The van der Waals surface area contributed by atoms with Gasteiger partial charge in [-0.25, -0.2) is 15.0 Å². The Bertz CT molecular complexity index is 1400. The number of nitrogens with one attached hydrogen (secondary N) is 4. The average Bonchev–Trinajstić information content (AvgIpc) is 3.44. The number of hydrogen-bond acceptors (Lipinski definition) is 9. The Morgan fingerprint density at radius 2 is 1.98 bits per heavy atom. The molecule has 0 spiro atoms. The number of likely N-dealkylation sites (N-methyl/N-ethyl adjacent to an activating group) is 1. The Hall–Kier alpha value is -3.54. The van der Waals surface area contributed by atoms with Gasteiger partial charge in [0.25, 0.3) is 0 Å². The molecule has 3 aromatic rings. The molecule has 0 saturated carbocycles. The highest BCUT2D eigenvalue weighted by atomic mass is 35.5. The van der Waals surface area contributed by atoms with Crippen molar-refractivity contribution in [2.75, 3.05) is 37.9 Å². The van der Waals surface area contributed by atoms with Gasteiger partial charge in [-0.1, -0.05) is 32.4 Å². The highest BCUT2D eigenvalue weighted by Gasteiger charge is 2.41. The summed E-state index contributed by atoms with van der Waals surface area (Å²) in [4.78, 5) is 42.0. The van der Waals surface area contributed by atoms with Crippen molar-refractivity contribution < 1.29 is 14.3 Å². The van der Waals surface area contributed by atoms with E-state index in [0.29, 0.717) is 58.5 Å². The molecule has 0 bridgehead atoms. The van der Waals surface area contributed by atoms with Crippen LogP contribution >= 0.6 is 11.6 Å². The minimum absolute atomic E-state index is 0.0721. The van der Waals surface area contributed by atoms with Crippen LogP contribution in [0.2, 0.25) is 5.15 Å². The van der Waals surface area contributed by atoms with Gasteiger partial charge in [-0.05, 0) is 50.4 Å². The number of likely N-dealkylation sites (tertiary alicyclic amines) is 1. The molecule has 1 saturated heterocycles. The zero-order valence-electron chi connectivity index (χ0n) is 24.4. The summed E-state index contributed by atoms with van der Waals surface area (Å²) in [5.74, 6) is 0.597. The molecule has 2 amide bonds. The third-order valence-electron chi connectivity index (χ3n) is 7.30. The van der Waals surface area contributed by atoms with Gasteiger partial charge >= 0.3 is 0 Å². The third-order valence-corrected chi connectivity index (χ3v) is 7.60. The number of halogens is 1. The lowest BCUT2D eigenvalue weighted by Gasteiger charge is -2.36. The summed E-state index contributed by atoms with van der Waals surface area (Å²) in [7, 11) is 3.42. The molecule has 12 heteroatoms. The summed E-state index contributed by atoms with van der Waals surface area (Å²) in [6.07, 6.45) is 4.36. The van der Waals surface area contributed by atoms with Crippen molar-refractivity contribution in [1.82, 2.24) is 30.5 Å². The second-order valence-corrected chi connectivity index (χ2v) is 11.7. The number of hydrogen-bond donors (Lipinski definition) is 4. The van der Waals surface area contributed by atoms with E-state index in [0.717, 1.165) is 6.42 Å². The van der Waals surface area contributed by atoms with Crippen molar-refractivity contribution >= 4 is 51.5 Å². The van der Waals surface area contributed by atoms with E-state index >= 15 is 0 Å². The first-order chi connectivity index (χ1) is 19.5. The highest BCUT2D eigenvalue weighted by Crippen LogP contribution is 2.35. The lowest BCUT2D eigenvalue weighted by Crippen LogP contribution is -2.57. The van der Waals surface area contributed by atoms with E-state index in [-0.39, 0.29) is 23.3 Å². The lowest BCUT2D eigenvalue weighted by molar-refractivity contribution is -0.140. The number of carbonyl (C=O) groups excluding carboxylic acids is 2. The van der Waals surface area contributed by atoms with E-state index in [2.05, 4.69) is 43.1 Å². The molecule has 1 aliphatic heterocycles. The van der Waals surface area contributed by atoms with Crippen LogP contribution in [-0.2, 0) is 9.59 Å². The maximum atomic E-state index is 13.8. The Labute approximate surface area is 245 Å². The molecule has 1 aliphatic rings. The van der Waals surface area contributed by atoms with E-state index in [4.69, 9.17) is 16.3 Å². The minimum atomic E-state index is -0.602. The van der Waals surface area contributed by atoms with Crippen molar-refractivity contribution in [2.24, 2.45) is 5.41 Å². The zero-order chi connectivity index (χ0) is 29.7. The van der Waals surface area contributed by atoms with Crippen LogP contribution in [0.25, 0.3) is 10.9 Å². The maximum absolute atomic E-state index is 13.8. The van der Waals surface area contributed by atoms with E-state index in [1.807, 2.05) is 27.8 Å². The number of nitrogens with zero attached hydrogens (tertiary/aromatic N) is 4. The van der Waals surface area contributed by atoms with Gasteiger partial charge in [-0.15, -0.1) is 0 Å². The predicted octanol–water partition coefficient (Wildman–Crippen LogP) is 3.97. The van der Waals surface area contributed by atoms with Crippen molar-refractivity contribution in [3.63, 3.8) is 0 Å². The molecular weight excluding hydrogens is 544 g/mol.